The third-order valence-electron chi connectivity index (χ3n) is 3.27. The first-order valence-corrected chi connectivity index (χ1v) is 6.21. The second-order valence-electron chi connectivity index (χ2n) is 4.99. The van der Waals surface area contributed by atoms with Crippen molar-refractivity contribution in [2.75, 3.05) is 19.6 Å². The Balaban J connectivity index is 0.00000289. The highest BCUT2D eigenvalue weighted by molar-refractivity contribution is 5.85. The molecule has 18 heavy (non-hydrogen) atoms. The van der Waals surface area contributed by atoms with Gasteiger partial charge in [0.2, 0.25) is 5.91 Å². The average molecular weight is 279 g/mol. The van der Waals surface area contributed by atoms with Crippen LogP contribution < -0.4 is 5.32 Å². The van der Waals surface area contributed by atoms with E-state index in [2.05, 4.69) is 24.1 Å². The Morgan fingerprint density at radius 2 is 2.00 bits per heavy atom. The molecule has 1 aliphatic rings. The van der Waals surface area contributed by atoms with Gasteiger partial charge in [0, 0.05) is 12.6 Å². The maximum absolute atomic E-state index is 11.6. The molecule has 6 heteroatoms. The standard InChI is InChI=1S/C12H22N2O3.ClH/c1-9-4-3-5-10(2)14(7-9)8-11(15)13-6-12(16)17;/h9-10H,3-8H2,1-2H3,(H,13,15)(H,16,17);1H. The molecule has 1 saturated heterocycles. The molecule has 0 bridgehead atoms. The summed E-state index contributed by atoms with van der Waals surface area (Å²) in [6, 6.07) is 0.399. The molecular weight excluding hydrogens is 256 g/mol. The van der Waals surface area contributed by atoms with Gasteiger partial charge in [0.25, 0.3) is 0 Å². The zero-order valence-electron chi connectivity index (χ0n) is 11.0. The summed E-state index contributed by atoms with van der Waals surface area (Å²) in [6.45, 7) is 5.25. The Hall–Kier alpha value is -0.810. The summed E-state index contributed by atoms with van der Waals surface area (Å²) in [5.74, 6) is -0.601. The lowest BCUT2D eigenvalue weighted by molar-refractivity contribution is -0.138. The Morgan fingerprint density at radius 1 is 1.33 bits per heavy atom. The fourth-order valence-electron chi connectivity index (χ4n) is 2.25. The van der Waals surface area contributed by atoms with Crippen molar-refractivity contribution in [1.82, 2.24) is 10.2 Å². The minimum Gasteiger partial charge on any atom is -0.480 e. The molecule has 1 aliphatic heterocycles. The quantitative estimate of drug-likeness (QED) is 0.809. The summed E-state index contributed by atoms with van der Waals surface area (Å²) in [5.41, 5.74) is 0. The van der Waals surface area contributed by atoms with Gasteiger partial charge in [-0.3, -0.25) is 14.5 Å². The molecule has 0 spiro atoms. The predicted octanol–water partition coefficient (Wildman–Crippen LogP) is 1.12. The summed E-state index contributed by atoms with van der Waals surface area (Å²) < 4.78 is 0. The number of carbonyl (C=O) groups is 2. The van der Waals surface area contributed by atoms with Crippen LogP contribution in [-0.2, 0) is 9.59 Å². The number of amides is 1. The van der Waals surface area contributed by atoms with Crippen molar-refractivity contribution < 1.29 is 14.7 Å². The summed E-state index contributed by atoms with van der Waals surface area (Å²) in [4.78, 5) is 24.1. The molecule has 106 valence electrons. The summed E-state index contributed by atoms with van der Waals surface area (Å²) in [7, 11) is 0. The van der Waals surface area contributed by atoms with E-state index in [0.717, 1.165) is 13.0 Å². The Kier molecular flexibility index (Phi) is 7.95. The van der Waals surface area contributed by atoms with Crippen molar-refractivity contribution in [2.45, 2.75) is 39.2 Å². The van der Waals surface area contributed by atoms with Gasteiger partial charge in [0.15, 0.2) is 0 Å². The second-order valence-corrected chi connectivity index (χ2v) is 4.99. The highest BCUT2D eigenvalue weighted by Gasteiger charge is 2.22. The van der Waals surface area contributed by atoms with Gasteiger partial charge in [0.05, 0.1) is 6.54 Å². The Labute approximate surface area is 114 Å². The van der Waals surface area contributed by atoms with Crippen LogP contribution in [0, 0.1) is 5.92 Å². The smallest absolute Gasteiger partial charge is 0.322 e. The van der Waals surface area contributed by atoms with Crippen LogP contribution >= 0.6 is 12.4 Å². The Bertz CT molecular complexity index is 286. The van der Waals surface area contributed by atoms with Crippen LogP contribution in [0.25, 0.3) is 0 Å². The van der Waals surface area contributed by atoms with Gasteiger partial charge in [-0.2, -0.15) is 0 Å². The average Bonchev–Trinajstić information content (AvgIpc) is 2.39. The SMILES string of the molecule is CC1CCCC(C)N(CC(=O)NCC(=O)O)C1.Cl. The lowest BCUT2D eigenvalue weighted by Crippen LogP contribution is -2.43. The van der Waals surface area contributed by atoms with Crippen molar-refractivity contribution >= 4 is 24.3 Å². The van der Waals surface area contributed by atoms with Gasteiger partial charge in [-0.05, 0) is 25.7 Å². The molecule has 1 heterocycles. The molecule has 0 aliphatic carbocycles. The number of carboxylic acids is 1. The fourth-order valence-corrected chi connectivity index (χ4v) is 2.25. The first kappa shape index (κ1) is 17.2. The highest BCUT2D eigenvalue weighted by atomic mass is 35.5. The van der Waals surface area contributed by atoms with E-state index in [4.69, 9.17) is 5.11 Å². The molecule has 1 rings (SSSR count). The monoisotopic (exact) mass is 278 g/mol. The number of carbonyl (C=O) groups excluding carboxylic acids is 1. The molecule has 1 fully saturated rings. The molecule has 0 saturated carbocycles. The van der Waals surface area contributed by atoms with Gasteiger partial charge in [-0.25, -0.2) is 0 Å². The van der Waals surface area contributed by atoms with Gasteiger partial charge in [-0.1, -0.05) is 13.3 Å². The molecule has 1 amide bonds. The van der Waals surface area contributed by atoms with Crippen LogP contribution in [0.2, 0.25) is 0 Å². The highest BCUT2D eigenvalue weighted by Crippen LogP contribution is 2.20. The zero-order chi connectivity index (χ0) is 12.8. The van der Waals surface area contributed by atoms with Crippen LogP contribution in [0.15, 0.2) is 0 Å². The van der Waals surface area contributed by atoms with Crippen molar-refractivity contribution in [2.24, 2.45) is 5.92 Å². The number of rotatable bonds is 4. The fraction of sp³-hybridized carbons (Fsp3) is 0.833. The van der Waals surface area contributed by atoms with Crippen molar-refractivity contribution in [3.63, 3.8) is 0 Å². The summed E-state index contributed by atoms with van der Waals surface area (Å²) >= 11 is 0. The van der Waals surface area contributed by atoms with Gasteiger partial charge >= 0.3 is 5.97 Å². The predicted molar refractivity (Wildman–Crippen MR) is 71.9 cm³/mol. The number of nitrogens with one attached hydrogen (secondary N) is 1. The van der Waals surface area contributed by atoms with E-state index in [9.17, 15) is 9.59 Å². The molecule has 2 atom stereocenters. The minimum absolute atomic E-state index is 0. The number of likely N-dealkylation sites (tertiary alicyclic amines) is 1. The largest absolute Gasteiger partial charge is 0.480 e. The maximum Gasteiger partial charge on any atom is 0.322 e. The first-order valence-electron chi connectivity index (χ1n) is 6.21. The molecule has 2 unspecified atom stereocenters. The van der Waals surface area contributed by atoms with Crippen molar-refractivity contribution in [3.05, 3.63) is 0 Å². The number of hydrogen-bond donors (Lipinski definition) is 2. The van der Waals surface area contributed by atoms with Gasteiger partial charge < -0.3 is 10.4 Å². The number of aliphatic carboxylic acids is 1. The molecule has 0 aromatic heterocycles. The van der Waals surface area contributed by atoms with E-state index in [0.29, 0.717) is 18.5 Å². The maximum atomic E-state index is 11.6. The first-order chi connectivity index (χ1) is 7.99. The van der Waals surface area contributed by atoms with Crippen LogP contribution in [0.5, 0.6) is 0 Å². The van der Waals surface area contributed by atoms with E-state index in [1.54, 1.807) is 0 Å². The Morgan fingerprint density at radius 3 is 2.61 bits per heavy atom. The van der Waals surface area contributed by atoms with Crippen LogP contribution in [-0.4, -0.2) is 47.6 Å². The lowest BCUT2D eigenvalue weighted by Gasteiger charge is -2.27. The van der Waals surface area contributed by atoms with E-state index in [1.807, 2.05) is 0 Å². The van der Waals surface area contributed by atoms with Crippen LogP contribution in [0.3, 0.4) is 0 Å². The van der Waals surface area contributed by atoms with Crippen LogP contribution in [0.1, 0.15) is 33.1 Å². The molecule has 0 aromatic rings. The molecule has 5 nitrogen and oxygen atoms in total. The number of nitrogens with zero attached hydrogens (tertiary/aromatic N) is 1. The molecule has 0 radical (unpaired) electrons. The molecular formula is C12H23ClN2O3. The minimum atomic E-state index is -1.00. The second kappa shape index (κ2) is 8.32. The molecule has 0 aromatic carbocycles. The van der Waals surface area contributed by atoms with E-state index >= 15 is 0 Å². The lowest BCUT2D eigenvalue weighted by atomic mass is 10.1. The normalized spacial score (nSPS) is 24.8. The number of halogens is 1. The van der Waals surface area contributed by atoms with Gasteiger partial charge in [-0.15, -0.1) is 12.4 Å². The number of hydrogen-bond acceptors (Lipinski definition) is 3. The van der Waals surface area contributed by atoms with Crippen molar-refractivity contribution in [1.29, 1.82) is 0 Å². The summed E-state index contributed by atoms with van der Waals surface area (Å²) in [5, 5.41) is 10.9. The number of carboxylic acid groups (broad SMARTS) is 1. The van der Waals surface area contributed by atoms with Gasteiger partial charge in [0.1, 0.15) is 6.54 Å². The third-order valence-corrected chi connectivity index (χ3v) is 3.27. The third kappa shape index (κ3) is 6.21. The summed E-state index contributed by atoms with van der Waals surface area (Å²) in [6.07, 6.45) is 3.52. The van der Waals surface area contributed by atoms with E-state index in [-0.39, 0.29) is 24.9 Å². The van der Waals surface area contributed by atoms with E-state index in [1.165, 1.54) is 12.8 Å². The van der Waals surface area contributed by atoms with Crippen LogP contribution in [0.4, 0.5) is 0 Å². The topological polar surface area (TPSA) is 69.6 Å². The van der Waals surface area contributed by atoms with E-state index < -0.39 is 5.97 Å². The molecule has 2 N–H and O–H groups in total. The van der Waals surface area contributed by atoms with Crippen molar-refractivity contribution in [3.8, 4) is 0 Å². The zero-order valence-corrected chi connectivity index (χ0v) is 11.8.